The summed E-state index contributed by atoms with van der Waals surface area (Å²) in [5.74, 6) is -1.24. The van der Waals surface area contributed by atoms with Crippen molar-refractivity contribution in [3.05, 3.63) is 192 Å². The summed E-state index contributed by atoms with van der Waals surface area (Å²) < 4.78 is 71.0. The molecule has 2 saturated heterocycles. The molecule has 0 bridgehead atoms. The standard InChI is InChI=1S/C52H56O13/c1-4-30-58-51-47(59-32-37-22-12-6-13-23-37)46(56-3)44(41(62-51)34-57-31-36-20-10-5-11-21-36)65-52-48(60-33-38-24-14-7-15-25-38)45(55-2)43(64-50(54)40-28-18-9-19-29-40)42(63-52)35-61-49(53)39-26-16-8-17-27-39/h4-29,41-48,51-52H,1,30-35H2,2-3H3/t41-,42-,43-,44-,45+,46+,47+,48+,51+,52+/m1/s1. The van der Waals surface area contributed by atoms with Crippen LogP contribution in [0.15, 0.2) is 164 Å². The van der Waals surface area contributed by atoms with Gasteiger partial charge < -0.3 is 52.1 Å². The third kappa shape index (κ3) is 13.0. The molecule has 0 aliphatic carbocycles. The van der Waals surface area contributed by atoms with Gasteiger partial charge in [0.1, 0.15) is 49.3 Å². The van der Waals surface area contributed by atoms with Crippen molar-refractivity contribution in [1.29, 1.82) is 0 Å². The van der Waals surface area contributed by atoms with Crippen LogP contribution < -0.4 is 0 Å². The Bertz CT molecular complexity index is 2160. The number of hydrogen-bond acceptors (Lipinski definition) is 13. The lowest BCUT2D eigenvalue weighted by Gasteiger charge is -2.49. The molecule has 13 heteroatoms. The van der Waals surface area contributed by atoms with E-state index in [1.54, 1.807) is 73.8 Å². The van der Waals surface area contributed by atoms with Crippen molar-refractivity contribution >= 4 is 11.9 Å². The molecule has 2 aliphatic heterocycles. The van der Waals surface area contributed by atoms with Gasteiger partial charge in [0.25, 0.3) is 0 Å². The second kappa shape index (κ2) is 24.6. The molecule has 0 unspecified atom stereocenters. The van der Waals surface area contributed by atoms with Crippen LogP contribution in [0.1, 0.15) is 37.4 Å². The highest BCUT2D eigenvalue weighted by atomic mass is 16.8. The lowest BCUT2D eigenvalue weighted by atomic mass is 9.96. The SMILES string of the molecule is C=CCO[C@H]1O[C@H](COCc2ccccc2)[C@@H](O[C@@H]2O[C@H](COC(=O)c3ccccc3)[C@@H](OC(=O)c3ccccc3)[C@H](OC)[C@@H]2OCc2ccccc2)[C@H](OC)[C@@H]1OCc1ccccc1. The average molecular weight is 889 g/mol. The van der Waals surface area contributed by atoms with E-state index in [0.717, 1.165) is 16.7 Å². The second-order valence-corrected chi connectivity index (χ2v) is 15.4. The van der Waals surface area contributed by atoms with Gasteiger partial charge in [-0.2, -0.15) is 0 Å². The van der Waals surface area contributed by atoms with E-state index >= 15 is 0 Å². The molecule has 0 amide bonds. The number of esters is 2. The van der Waals surface area contributed by atoms with Crippen molar-refractivity contribution in [2.24, 2.45) is 0 Å². The average Bonchev–Trinajstić information content (AvgIpc) is 3.36. The Morgan fingerprint density at radius 3 is 1.48 bits per heavy atom. The Morgan fingerprint density at radius 2 is 0.954 bits per heavy atom. The summed E-state index contributed by atoms with van der Waals surface area (Å²) >= 11 is 0. The van der Waals surface area contributed by atoms with E-state index in [4.69, 9.17) is 52.1 Å². The topological polar surface area (TPSA) is 136 Å². The smallest absolute Gasteiger partial charge is 0.338 e. The molecule has 10 atom stereocenters. The van der Waals surface area contributed by atoms with Crippen LogP contribution in [0.2, 0.25) is 0 Å². The fourth-order valence-corrected chi connectivity index (χ4v) is 7.76. The first-order valence-corrected chi connectivity index (χ1v) is 21.6. The molecule has 0 aromatic heterocycles. The number of hydrogen-bond donors (Lipinski definition) is 0. The molecule has 13 nitrogen and oxygen atoms in total. The Labute approximate surface area is 380 Å². The summed E-state index contributed by atoms with van der Waals surface area (Å²) in [7, 11) is 3.05. The quantitative estimate of drug-likeness (QED) is 0.0501. The summed E-state index contributed by atoms with van der Waals surface area (Å²) in [6.45, 7) is 4.32. The number of carbonyl (C=O) groups excluding carboxylic acids is 2. The molecule has 7 rings (SSSR count). The van der Waals surface area contributed by atoms with Crippen LogP contribution in [0.5, 0.6) is 0 Å². The van der Waals surface area contributed by atoms with Gasteiger partial charge in [-0.1, -0.05) is 133 Å². The van der Waals surface area contributed by atoms with E-state index in [2.05, 4.69) is 6.58 Å². The molecule has 2 heterocycles. The Morgan fingerprint density at radius 1 is 0.508 bits per heavy atom. The second-order valence-electron chi connectivity index (χ2n) is 15.4. The zero-order valence-corrected chi connectivity index (χ0v) is 36.5. The predicted octanol–water partition coefficient (Wildman–Crippen LogP) is 7.52. The third-order valence-corrected chi connectivity index (χ3v) is 11.0. The van der Waals surface area contributed by atoms with E-state index in [0.29, 0.717) is 11.1 Å². The van der Waals surface area contributed by atoms with Crippen molar-refractivity contribution in [2.45, 2.75) is 81.2 Å². The highest BCUT2D eigenvalue weighted by Crippen LogP contribution is 2.36. The van der Waals surface area contributed by atoms with Gasteiger partial charge in [0.05, 0.1) is 44.2 Å². The van der Waals surface area contributed by atoms with Gasteiger partial charge in [-0.05, 0) is 41.0 Å². The van der Waals surface area contributed by atoms with E-state index in [1.165, 1.54) is 7.11 Å². The molecule has 342 valence electrons. The zero-order chi connectivity index (χ0) is 45.2. The van der Waals surface area contributed by atoms with Gasteiger partial charge in [-0.15, -0.1) is 6.58 Å². The first-order chi connectivity index (χ1) is 31.9. The fraction of sp³-hybridized carbons (Fsp3) is 0.346. The van der Waals surface area contributed by atoms with Crippen molar-refractivity contribution in [3.8, 4) is 0 Å². The molecule has 2 fully saturated rings. The Balaban J connectivity index is 1.24. The van der Waals surface area contributed by atoms with Crippen LogP contribution in [0, 0.1) is 0 Å². The summed E-state index contributed by atoms with van der Waals surface area (Å²) in [5, 5.41) is 0. The molecule has 0 saturated carbocycles. The molecule has 0 spiro atoms. The Hall–Kier alpha value is -5.58. The third-order valence-electron chi connectivity index (χ3n) is 11.0. The predicted molar refractivity (Wildman–Crippen MR) is 238 cm³/mol. The normalized spacial score (nSPS) is 25.3. The van der Waals surface area contributed by atoms with E-state index < -0.39 is 73.4 Å². The van der Waals surface area contributed by atoms with Crippen molar-refractivity contribution in [1.82, 2.24) is 0 Å². The van der Waals surface area contributed by atoms with Gasteiger partial charge in [-0.3, -0.25) is 0 Å². The maximum atomic E-state index is 13.8. The summed E-state index contributed by atoms with van der Waals surface area (Å²) in [6, 6.07) is 46.2. The van der Waals surface area contributed by atoms with Crippen LogP contribution in [0.4, 0.5) is 0 Å². The van der Waals surface area contributed by atoms with Crippen LogP contribution in [-0.4, -0.2) is 107 Å². The molecule has 2 aliphatic rings. The molecule has 0 radical (unpaired) electrons. The summed E-state index contributed by atoms with van der Waals surface area (Å²) in [5.41, 5.74) is 3.38. The van der Waals surface area contributed by atoms with Crippen LogP contribution in [0.3, 0.4) is 0 Å². The summed E-state index contributed by atoms with van der Waals surface area (Å²) in [4.78, 5) is 27.2. The van der Waals surface area contributed by atoms with Crippen LogP contribution >= 0.6 is 0 Å². The van der Waals surface area contributed by atoms with Gasteiger partial charge in [0.2, 0.25) is 0 Å². The van der Waals surface area contributed by atoms with Gasteiger partial charge >= 0.3 is 11.9 Å². The van der Waals surface area contributed by atoms with E-state index in [-0.39, 0.29) is 39.6 Å². The lowest BCUT2D eigenvalue weighted by Crippen LogP contribution is -2.66. The van der Waals surface area contributed by atoms with E-state index in [1.807, 2.05) is 91.0 Å². The maximum absolute atomic E-state index is 13.8. The molecule has 0 N–H and O–H groups in total. The number of benzene rings is 5. The first-order valence-electron chi connectivity index (χ1n) is 21.6. The molecular formula is C52H56O13. The van der Waals surface area contributed by atoms with Crippen molar-refractivity contribution in [3.63, 3.8) is 0 Å². The number of rotatable bonds is 22. The highest BCUT2D eigenvalue weighted by molar-refractivity contribution is 5.90. The minimum absolute atomic E-state index is 0.0458. The summed E-state index contributed by atoms with van der Waals surface area (Å²) in [6.07, 6.45) is -8.34. The monoisotopic (exact) mass is 888 g/mol. The molecule has 5 aromatic rings. The fourth-order valence-electron chi connectivity index (χ4n) is 7.76. The molecular weight excluding hydrogens is 833 g/mol. The lowest BCUT2D eigenvalue weighted by molar-refractivity contribution is -0.370. The molecule has 5 aromatic carbocycles. The molecule has 65 heavy (non-hydrogen) atoms. The van der Waals surface area contributed by atoms with E-state index in [9.17, 15) is 9.59 Å². The largest absolute Gasteiger partial charge is 0.459 e. The minimum atomic E-state index is -1.26. The number of carbonyl (C=O) groups is 2. The maximum Gasteiger partial charge on any atom is 0.338 e. The first kappa shape index (κ1) is 47.4. The number of methoxy groups -OCH3 is 2. The minimum Gasteiger partial charge on any atom is -0.459 e. The van der Waals surface area contributed by atoms with Crippen LogP contribution in [0.25, 0.3) is 0 Å². The van der Waals surface area contributed by atoms with Gasteiger partial charge in [0, 0.05) is 14.2 Å². The number of ether oxygens (including phenoxy) is 11. The van der Waals surface area contributed by atoms with Crippen molar-refractivity contribution in [2.75, 3.05) is 34.0 Å². The van der Waals surface area contributed by atoms with Gasteiger partial charge in [-0.25, -0.2) is 9.59 Å². The van der Waals surface area contributed by atoms with Crippen molar-refractivity contribution < 1.29 is 61.7 Å². The zero-order valence-electron chi connectivity index (χ0n) is 36.5. The highest BCUT2D eigenvalue weighted by Gasteiger charge is 2.55. The van der Waals surface area contributed by atoms with Crippen LogP contribution in [-0.2, 0) is 71.9 Å². The Kier molecular flexibility index (Phi) is 18.0. The van der Waals surface area contributed by atoms with Gasteiger partial charge in [0.15, 0.2) is 18.7 Å².